The number of hydrogen-bond donors (Lipinski definition) is 2. The third kappa shape index (κ3) is 5.32. The molecule has 0 spiro atoms. The maximum Gasteiger partial charge on any atom is 0.191 e. The molecule has 26 heavy (non-hydrogen) atoms. The molecule has 2 N–H and O–H groups in total. The topological polar surface area (TPSA) is 39.7 Å². The van der Waals surface area contributed by atoms with E-state index in [4.69, 9.17) is 11.6 Å². The van der Waals surface area contributed by atoms with Gasteiger partial charge < -0.3 is 15.5 Å². The van der Waals surface area contributed by atoms with Gasteiger partial charge in [-0.15, -0.1) is 0 Å². The van der Waals surface area contributed by atoms with E-state index in [0.717, 1.165) is 36.2 Å². The van der Waals surface area contributed by atoms with Crippen molar-refractivity contribution in [3.63, 3.8) is 0 Å². The molecular weight excluding hydrogens is 364 g/mol. The quantitative estimate of drug-likeness (QED) is 0.604. The third-order valence-corrected chi connectivity index (χ3v) is 5.71. The molecule has 0 aromatic heterocycles. The van der Waals surface area contributed by atoms with Crippen LogP contribution in [0, 0.1) is 0 Å². The summed E-state index contributed by atoms with van der Waals surface area (Å²) in [7, 11) is 1.78. The molecule has 1 heterocycles. The van der Waals surface area contributed by atoms with E-state index in [1.807, 2.05) is 36.0 Å². The molecule has 1 saturated heterocycles. The summed E-state index contributed by atoms with van der Waals surface area (Å²) in [6, 6.07) is 16.6. The van der Waals surface area contributed by atoms with Gasteiger partial charge in [-0.2, -0.15) is 11.8 Å². The van der Waals surface area contributed by atoms with Crippen LogP contribution in [0.4, 0.5) is 5.69 Å². The first-order chi connectivity index (χ1) is 12.8. The molecule has 0 amide bonds. The number of rotatable bonds is 5. The second-order valence-electron chi connectivity index (χ2n) is 6.14. The Hall–Kier alpha value is -1.85. The molecule has 0 unspecified atom stereocenters. The van der Waals surface area contributed by atoms with Gasteiger partial charge in [0.2, 0.25) is 0 Å². The van der Waals surface area contributed by atoms with Crippen molar-refractivity contribution in [3.8, 4) is 0 Å². The zero-order valence-electron chi connectivity index (χ0n) is 15.0. The van der Waals surface area contributed by atoms with E-state index in [0.29, 0.717) is 6.54 Å². The lowest BCUT2D eigenvalue weighted by Gasteiger charge is -2.28. The Morgan fingerprint density at radius 1 is 1.04 bits per heavy atom. The highest BCUT2D eigenvalue weighted by atomic mass is 35.5. The minimum absolute atomic E-state index is 0.644. The number of nitrogens with one attached hydrogen (secondary N) is 2. The van der Waals surface area contributed by atoms with E-state index in [1.165, 1.54) is 22.8 Å². The predicted molar refractivity (Wildman–Crippen MR) is 114 cm³/mol. The van der Waals surface area contributed by atoms with Crippen LogP contribution in [0.2, 0.25) is 5.02 Å². The fourth-order valence-electron chi connectivity index (χ4n) is 2.87. The predicted octanol–water partition coefficient (Wildman–Crippen LogP) is 3.76. The Morgan fingerprint density at radius 3 is 2.42 bits per heavy atom. The number of guanidine groups is 1. The van der Waals surface area contributed by atoms with Crippen LogP contribution in [0.1, 0.15) is 11.1 Å². The fraction of sp³-hybridized carbons (Fsp3) is 0.350. The van der Waals surface area contributed by atoms with E-state index < -0.39 is 0 Å². The largest absolute Gasteiger partial charge is 0.370 e. The van der Waals surface area contributed by atoms with Crippen LogP contribution in [-0.2, 0) is 13.1 Å². The van der Waals surface area contributed by atoms with Gasteiger partial charge in [0.1, 0.15) is 0 Å². The molecule has 1 fully saturated rings. The summed E-state index contributed by atoms with van der Waals surface area (Å²) in [5, 5.41) is 7.42. The molecule has 6 heteroatoms. The van der Waals surface area contributed by atoms with Crippen molar-refractivity contribution >= 4 is 35.0 Å². The van der Waals surface area contributed by atoms with Gasteiger partial charge >= 0.3 is 0 Å². The Labute approximate surface area is 165 Å². The molecule has 0 saturated carbocycles. The van der Waals surface area contributed by atoms with Crippen LogP contribution < -0.4 is 15.5 Å². The number of anilines is 1. The first-order valence-electron chi connectivity index (χ1n) is 8.86. The van der Waals surface area contributed by atoms with E-state index in [-0.39, 0.29) is 0 Å². The maximum absolute atomic E-state index is 6.20. The molecule has 0 radical (unpaired) electrons. The molecule has 0 atom stereocenters. The van der Waals surface area contributed by atoms with Crippen molar-refractivity contribution in [2.45, 2.75) is 13.1 Å². The lowest BCUT2D eigenvalue weighted by atomic mass is 10.2. The van der Waals surface area contributed by atoms with Crippen LogP contribution >= 0.6 is 23.4 Å². The van der Waals surface area contributed by atoms with Gasteiger partial charge in [0.05, 0.1) is 0 Å². The Bertz CT molecular complexity index is 727. The first kappa shape index (κ1) is 18.9. The molecule has 138 valence electrons. The van der Waals surface area contributed by atoms with Gasteiger partial charge in [-0.25, -0.2) is 0 Å². The normalized spacial score (nSPS) is 15.0. The van der Waals surface area contributed by atoms with Gasteiger partial charge in [-0.1, -0.05) is 41.9 Å². The smallest absolute Gasteiger partial charge is 0.191 e. The van der Waals surface area contributed by atoms with Crippen LogP contribution in [-0.4, -0.2) is 37.6 Å². The van der Waals surface area contributed by atoms with E-state index in [2.05, 4.69) is 44.8 Å². The Balaban J connectivity index is 1.49. The summed E-state index contributed by atoms with van der Waals surface area (Å²) >= 11 is 8.23. The van der Waals surface area contributed by atoms with E-state index in [9.17, 15) is 0 Å². The number of nitrogens with zero attached hydrogens (tertiary/aromatic N) is 2. The minimum atomic E-state index is 0.644. The van der Waals surface area contributed by atoms with Crippen molar-refractivity contribution in [2.75, 3.05) is 36.5 Å². The van der Waals surface area contributed by atoms with Gasteiger partial charge in [-0.3, -0.25) is 4.99 Å². The van der Waals surface area contributed by atoms with Crippen molar-refractivity contribution in [3.05, 3.63) is 64.7 Å². The van der Waals surface area contributed by atoms with Crippen LogP contribution in [0.25, 0.3) is 0 Å². The Morgan fingerprint density at radius 2 is 1.73 bits per heavy atom. The van der Waals surface area contributed by atoms with E-state index in [1.54, 1.807) is 7.05 Å². The molecular formula is C20H25ClN4S. The van der Waals surface area contributed by atoms with Crippen LogP contribution in [0.5, 0.6) is 0 Å². The zero-order chi connectivity index (χ0) is 18.2. The molecule has 3 rings (SSSR count). The average molecular weight is 389 g/mol. The summed E-state index contributed by atoms with van der Waals surface area (Å²) in [4.78, 5) is 6.74. The third-order valence-electron chi connectivity index (χ3n) is 4.40. The van der Waals surface area contributed by atoms with Gasteiger partial charge in [0.25, 0.3) is 0 Å². The van der Waals surface area contributed by atoms with Crippen molar-refractivity contribution in [1.82, 2.24) is 10.6 Å². The molecule has 0 aliphatic carbocycles. The number of halogens is 1. The average Bonchev–Trinajstić information content (AvgIpc) is 2.70. The van der Waals surface area contributed by atoms with Crippen LogP contribution in [0.3, 0.4) is 0 Å². The van der Waals surface area contributed by atoms with Gasteiger partial charge in [0, 0.05) is 55.4 Å². The summed E-state index contributed by atoms with van der Waals surface area (Å²) in [6.07, 6.45) is 0. The maximum atomic E-state index is 6.20. The number of benzene rings is 2. The second-order valence-corrected chi connectivity index (χ2v) is 7.77. The van der Waals surface area contributed by atoms with Crippen molar-refractivity contribution in [2.24, 2.45) is 4.99 Å². The monoisotopic (exact) mass is 388 g/mol. The summed E-state index contributed by atoms with van der Waals surface area (Å²) in [5.41, 5.74) is 3.61. The highest BCUT2D eigenvalue weighted by Gasteiger charge is 2.10. The molecule has 0 bridgehead atoms. The summed E-state index contributed by atoms with van der Waals surface area (Å²) < 4.78 is 0. The minimum Gasteiger partial charge on any atom is -0.370 e. The fourth-order valence-corrected chi connectivity index (χ4v) is 3.98. The van der Waals surface area contributed by atoms with Crippen molar-refractivity contribution in [1.29, 1.82) is 0 Å². The standard InChI is InChI=1S/C20H25ClN4S/c1-22-20(24-15-17-4-2-3-5-19(17)21)23-14-16-6-8-18(9-7-16)25-10-12-26-13-11-25/h2-9H,10-15H2,1H3,(H2,22,23,24). The highest BCUT2D eigenvalue weighted by molar-refractivity contribution is 7.99. The Kier molecular flexibility index (Phi) is 7.09. The second kappa shape index (κ2) is 9.74. The number of aliphatic imine (C=N–C) groups is 1. The van der Waals surface area contributed by atoms with Gasteiger partial charge in [0.15, 0.2) is 5.96 Å². The summed E-state index contributed by atoms with van der Waals surface area (Å²) in [5.74, 6) is 3.20. The lowest BCUT2D eigenvalue weighted by Crippen LogP contribution is -2.36. The summed E-state index contributed by atoms with van der Waals surface area (Å²) in [6.45, 7) is 3.66. The lowest BCUT2D eigenvalue weighted by molar-refractivity contribution is 0.808. The number of hydrogen-bond acceptors (Lipinski definition) is 3. The molecule has 1 aliphatic heterocycles. The molecule has 2 aromatic rings. The van der Waals surface area contributed by atoms with E-state index >= 15 is 0 Å². The van der Waals surface area contributed by atoms with Gasteiger partial charge in [-0.05, 0) is 29.3 Å². The highest BCUT2D eigenvalue weighted by Crippen LogP contribution is 2.20. The number of thioether (sulfide) groups is 1. The SMILES string of the molecule is CN=C(NCc1ccc(N2CCSCC2)cc1)NCc1ccccc1Cl. The molecule has 4 nitrogen and oxygen atoms in total. The van der Waals surface area contributed by atoms with Crippen LogP contribution in [0.15, 0.2) is 53.5 Å². The van der Waals surface area contributed by atoms with Crippen molar-refractivity contribution < 1.29 is 0 Å². The molecule has 2 aromatic carbocycles. The zero-order valence-corrected chi connectivity index (χ0v) is 16.6. The molecule has 1 aliphatic rings. The first-order valence-corrected chi connectivity index (χ1v) is 10.4.